The van der Waals surface area contributed by atoms with E-state index in [1.165, 1.54) is 27.7 Å². The average molecular weight is 264 g/mol. The van der Waals surface area contributed by atoms with Crippen LogP contribution in [-0.2, 0) is 6.54 Å². The van der Waals surface area contributed by atoms with Crippen LogP contribution in [0, 0.1) is 0 Å². The monoisotopic (exact) mass is 264 g/mol. The van der Waals surface area contributed by atoms with Gasteiger partial charge in [-0.3, -0.25) is 0 Å². The number of benzene rings is 2. The van der Waals surface area contributed by atoms with E-state index in [-0.39, 0.29) is 0 Å². The van der Waals surface area contributed by atoms with Crippen LogP contribution in [0.1, 0.15) is 30.9 Å². The van der Waals surface area contributed by atoms with Crippen LogP contribution in [0.5, 0.6) is 0 Å². The lowest BCUT2D eigenvalue weighted by atomic mass is 10.0. The number of hydrogen-bond donors (Lipinski definition) is 2. The highest BCUT2D eigenvalue weighted by Gasteiger charge is 2.06. The highest BCUT2D eigenvalue weighted by molar-refractivity contribution is 5.83. The molecule has 3 aromatic rings. The van der Waals surface area contributed by atoms with Gasteiger partial charge in [-0.1, -0.05) is 44.2 Å². The molecule has 0 bridgehead atoms. The van der Waals surface area contributed by atoms with Crippen LogP contribution in [0.3, 0.4) is 0 Å². The van der Waals surface area contributed by atoms with Crippen molar-refractivity contribution < 1.29 is 0 Å². The van der Waals surface area contributed by atoms with E-state index in [1.54, 1.807) is 0 Å². The third-order valence-corrected chi connectivity index (χ3v) is 3.74. The lowest BCUT2D eigenvalue weighted by Crippen LogP contribution is -2.03. The summed E-state index contributed by atoms with van der Waals surface area (Å²) in [5.41, 5.74) is 5.12. The number of anilines is 1. The molecule has 2 heteroatoms. The summed E-state index contributed by atoms with van der Waals surface area (Å²) in [6.07, 6.45) is 2.00. The molecule has 0 aliphatic carbocycles. The highest BCUT2D eigenvalue weighted by atomic mass is 14.9. The molecule has 0 amide bonds. The summed E-state index contributed by atoms with van der Waals surface area (Å²) in [6, 6.07) is 17.1. The van der Waals surface area contributed by atoms with Gasteiger partial charge in [0.05, 0.1) is 0 Å². The van der Waals surface area contributed by atoms with Crippen LogP contribution in [0.4, 0.5) is 5.69 Å². The van der Waals surface area contributed by atoms with Crippen molar-refractivity contribution in [1.29, 1.82) is 0 Å². The molecule has 2 N–H and O–H groups in total. The Morgan fingerprint density at radius 2 is 1.85 bits per heavy atom. The molecule has 0 saturated carbocycles. The van der Waals surface area contributed by atoms with Gasteiger partial charge in [0.2, 0.25) is 0 Å². The topological polar surface area (TPSA) is 27.8 Å². The first-order valence-electron chi connectivity index (χ1n) is 7.13. The van der Waals surface area contributed by atoms with Gasteiger partial charge in [-0.25, -0.2) is 0 Å². The molecule has 0 radical (unpaired) electrons. The zero-order chi connectivity index (χ0) is 13.9. The molecule has 0 fully saturated rings. The van der Waals surface area contributed by atoms with Crippen LogP contribution in [0.15, 0.2) is 54.7 Å². The first kappa shape index (κ1) is 12.8. The molecule has 0 aliphatic rings. The minimum atomic E-state index is 0.529. The summed E-state index contributed by atoms with van der Waals surface area (Å²) >= 11 is 0. The smallest absolute Gasteiger partial charge is 0.0457 e. The number of H-pyrrole nitrogens is 1. The molecule has 1 heterocycles. The Morgan fingerprint density at radius 1 is 1.00 bits per heavy atom. The minimum Gasteiger partial charge on any atom is -0.381 e. The maximum atomic E-state index is 3.58. The predicted molar refractivity (Wildman–Crippen MR) is 86.2 cm³/mol. The molecule has 102 valence electrons. The van der Waals surface area contributed by atoms with E-state index in [2.05, 4.69) is 72.7 Å². The molecule has 2 nitrogen and oxygen atoms in total. The summed E-state index contributed by atoms with van der Waals surface area (Å²) in [6.45, 7) is 5.31. The zero-order valence-corrected chi connectivity index (χ0v) is 12.0. The van der Waals surface area contributed by atoms with Gasteiger partial charge in [0.1, 0.15) is 0 Å². The summed E-state index contributed by atoms with van der Waals surface area (Å²) in [5.74, 6) is 0.529. The molecule has 2 aromatic carbocycles. The number of para-hydroxylation sites is 1. The van der Waals surface area contributed by atoms with Crippen LogP contribution in [0.2, 0.25) is 0 Å². The molecule has 0 aliphatic heterocycles. The molecule has 0 saturated heterocycles. The van der Waals surface area contributed by atoms with Crippen LogP contribution in [0.25, 0.3) is 10.9 Å². The lowest BCUT2D eigenvalue weighted by molar-refractivity contribution is 0.865. The molecular formula is C18H20N2. The van der Waals surface area contributed by atoms with E-state index < -0.39 is 0 Å². The van der Waals surface area contributed by atoms with Crippen LogP contribution >= 0.6 is 0 Å². The number of aromatic amines is 1. The van der Waals surface area contributed by atoms with Crippen molar-refractivity contribution in [2.45, 2.75) is 26.3 Å². The van der Waals surface area contributed by atoms with Gasteiger partial charge in [0.15, 0.2) is 0 Å². The molecule has 0 atom stereocenters. The number of hydrogen-bond acceptors (Lipinski definition) is 1. The van der Waals surface area contributed by atoms with E-state index in [9.17, 15) is 0 Å². The molecule has 3 rings (SSSR count). The largest absolute Gasteiger partial charge is 0.381 e. The van der Waals surface area contributed by atoms with E-state index in [0.29, 0.717) is 5.92 Å². The Balaban J connectivity index is 1.85. The minimum absolute atomic E-state index is 0.529. The van der Waals surface area contributed by atoms with E-state index >= 15 is 0 Å². The molecule has 0 unspecified atom stereocenters. The summed E-state index contributed by atoms with van der Waals surface area (Å²) in [5, 5.41) is 4.87. The van der Waals surface area contributed by atoms with E-state index in [0.717, 1.165) is 6.54 Å². The Labute approximate surface area is 119 Å². The van der Waals surface area contributed by atoms with Crippen molar-refractivity contribution in [3.63, 3.8) is 0 Å². The fraction of sp³-hybridized carbons (Fsp3) is 0.222. The van der Waals surface area contributed by atoms with Gasteiger partial charge in [0, 0.05) is 29.3 Å². The maximum absolute atomic E-state index is 3.58. The van der Waals surface area contributed by atoms with Crippen molar-refractivity contribution in [3.05, 3.63) is 65.9 Å². The Hall–Kier alpha value is -2.22. The van der Waals surface area contributed by atoms with Crippen molar-refractivity contribution in [1.82, 2.24) is 4.98 Å². The van der Waals surface area contributed by atoms with Gasteiger partial charge in [0.25, 0.3) is 0 Å². The van der Waals surface area contributed by atoms with E-state index in [4.69, 9.17) is 0 Å². The quantitative estimate of drug-likeness (QED) is 0.689. The van der Waals surface area contributed by atoms with Crippen LogP contribution in [-0.4, -0.2) is 4.98 Å². The van der Waals surface area contributed by atoms with Gasteiger partial charge in [-0.2, -0.15) is 0 Å². The SMILES string of the molecule is CC(C)c1ccccc1NCc1cccc2[nH]ccc12. The fourth-order valence-electron chi connectivity index (χ4n) is 2.66. The fourth-order valence-corrected chi connectivity index (χ4v) is 2.66. The number of nitrogens with one attached hydrogen (secondary N) is 2. The Kier molecular flexibility index (Phi) is 3.46. The second-order valence-corrected chi connectivity index (χ2v) is 5.45. The number of rotatable bonds is 4. The number of aromatic nitrogens is 1. The molecule has 20 heavy (non-hydrogen) atoms. The van der Waals surface area contributed by atoms with Crippen molar-refractivity contribution in [2.24, 2.45) is 0 Å². The van der Waals surface area contributed by atoms with Gasteiger partial charge in [-0.15, -0.1) is 0 Å². The average Bonchev–Trinajstić information content (AvgIpc) is 2.94. The van der Waals surface area contributed by atoms with Crippen molar-refractivity contribution in [3.8, 4) is 0 Å². The highest BCUT2D eigenvalue weighted by Crippen LogP contribution is 2.25. The molecule has 0 spiro atoms. The zero-order valence-electron chi connectivity index (χ0n) is 12.0. The van der Waals surface area contributed by atoms with Gasteiger partial charge in [-0.05, 0) is 35.2 Å². The Bertz CT molecular complexity index is 710. The summed E-state index contributed by atoms with van der Waals surface area (Å²) < 4.78 is 0. The third kappa shape index (κ3) is 2.42. The van der Waals surface area contributed by atoms with Crippen molar-refractivity contribution >= 4 is 16.6 Å². The summed E-state index contributed by atoms with van der Waals surface area (Å²) in [7, 11) is 0. The Morgan fingerprint density at radius 3 is 2.70 bits per heavy atom. The first-order chi connectivity index (χ1) is 9.75. The normalized spacial score (nSPS) is 11.2. The number of fused-ring (bicyclic) bond motifs is 1. The van der Waals surface area contributed by atoms with Crippen molar-refractivity contribution in [2.75, 3.05) is 5.32 Å². The predicted octanol–water partition coefficient (Wildman–Crippen LogP) is 4.90. The van der Waals surface area contributed by atoms with Gasteiger partial charge < -0.3 is 10.3 Å². The van der Waals surface area contributed by atoms with Gasteiger partial charge >= 0.3 is 0 Å². The maximum Gasteiger partial charge on any atom is 0.0457 e. The first-order valence-corrected chi connectivity index (χ1v) is 7.13. The lowest BCUT2D eigenvalue weighted by Gasteiger charge is -2.15. The second kappa shape index (κ2) is 5.41. The third-order valence-electron chi connectivity index (χ3n) is 3.74. The second-order valence-electron chi connectivity index (χ2n) is 5.45. The van der Waals surface area contributed by atoms with Crippen LogP contribution < -0.4 is 5.32 Å². The summed E-state index contributed by atoms with van der Waals surface area (Å²) in [4.78, 5) is 3.26. The standard InChI is InChI=1S/C18H20N2/c1-13(2)15-7-3-4-8-17(15)20-12-14-6-5-9-18-16(14)10-11-19-18/h3-11,13,19-20H,12H2,1-2H3. The molecule has 1 aromatic heterocycles. The molecular weight excluding hydrogens is 244 g/mol. The van der Waals surface area contributed by atoms with E-state index in [1.807, 2.05) is 6.20 Å².